The Bertz CT molecular complexity index is 993. The summed E-state index contributed by atoms with van der Waals surface area (Å²) >= 11 is 0. The molecule has 124 valence electrons. The largest absolute Gasteiger partial charge is 0.494 e. The number of carbonyl (C=O) groups is 2. The van der Waals surface area contributed by atoms with E-state index in [4.69, 9.17) is 4.74 Å². The van der Waals surface area contributed by atoms with Gasteiger partial charge in [-0.25, -0.2) is 4.39 Å². The molecule has 0 saturated carbocycles. The average Bonchev–Trinajstić information content (AvgIpc) is 2.64. The van der Waals surface area contributed by atoms with Gasteiger partial charge in [-0.05, 0) is 35.9 Å². The zero-order chi connectivity index (χ0) is 17.6. The van der Waals surface area contributed by atoms with Crippen LogP contribution < -0.4 is 4.74 Å². The molecule has 1 aliphatic rings. The standard InChI is InChI=1S/C19H13FN2O3/c1-25-15-7-6-13-16-14(8-9-21-17(15)16)19(24)22(18(13)23)10-11-2-4-12(20)5-3-11/h2-9H,10H2,1H3. The van der Waals surface area contributed by atoms with Crippen LogP contribution in [0.2, 0.25) is 0 Å². The first kappa shape index (κ1) is 15.3. The molecule has 4 rings (SSSR count). The van der Waals surface area contributed by atoms with Crippen molar-refractivity contribution in [3.05, 3.63) is 71.2 Å². The molecule has 2 aromatic carbocycles. The highest BCUT2D eigenvalue weighted by molar-refractivity contribution is 6.25. The van der Waals surface area contributed by atoms with E-state index in [1.807, 2.05) is 0 Å². The van der Waals surface area contributed by atoms with Crippen molar-refractivity contribution in [3.63, 3.8) is 0 Å². The number of benzene rings is 2. The van der Waals surface area contributed by atoms with Crippen LogP contribution in [0.1, 0.15) is 26.3 Å². The lowest BCUT2D eigenvalue weighted by atomic mass is 9.96. The maximum atomic E-state index is 13.1. The van der Waals surface area contributed by atoms with Gasteiger partial charge in [-0.3, -0.25) is 19.5 Å². The van der Waals surface area contributed by atoms with E-state index in [9.17, 15) is 14.0 Å². The fourth-order valence-electron chi connectivity index (χ4n) is 3.06. The number of imide groups is 1. The van der Waals surface area contributed by atoms with Crippen LogP contribution in [-0.2, 0) is 6.54 Å². The Balaban J connectivity index is 1.83. The Kier molecular flexibility index (Phi) is 3.46. The number of pyridine rings is 1. The smallest absolute Gasteiger partial charge is 0.261 e. The Hall–Kier alpha value is -3.28. The first-order chi connectivity index (χ1) is 12.1. The summed E-state index contributed by atoms with van der Waals surface area (Å²) in [6.07, 6.45) is 1.52. The number of methoxy groups -OCH3 is 1. The number of nitrogens with zero attached hydrogens (tertiary/aromatic N) is 2. The first-order valence-corrected chi connectivity index (χ1v) is 7.66. The number of carbonyl (C=O) groups excluding carboxylic acids is 2. The summed E-state index contributed by atoms with van der Waals surface area (Å²) in [6, 6.07) is 10.6. The third-order valence-electron chi connectivity index (χ3n) is 4.28. The molecule has 5 nitrogen and oxygen atoms in total. The number of hydrogen-bond acceptors (Lipinski definition) is 4. The Morgan fingerprint density at radius 3 is 2.36 bits per heavy atom. The molecule has 0 N–H and O–H groups in total. The van der Waals surface area contributed by atoms with Crippen LogP contribution in [0.15, 0.2) is 48.7 Å². The van der Waals surface area contributed by atoms with Gasteiger partial charge in [0.25, 0.3) is 11.8 Å². The zero-order valence-electron chi connectivity index (χ0n) is 13.3. The van der Waals surface area contributed by atoms with Gasteiger partial charge in [0.1, 0.15) is 17.1 Å². The number of hydrogen-bond donors (Lipinski definition) is 0. The van der Waals surface area contributed by atoms with Crippen molar-refractivity contribution in [2.24, 2.45) is 0 Å². The molecule has 2 heterocycles. The molecule has 3 aromatic rings. The van der Waals surface area contributed by atoms with Crippen molar-refractivity contribution in [2.45, 2.75) is 6.54 Å². The van der Waals surface area contributed by atoms with E-state index < -0.39 is 11.8 Å². The fourth-order valence-corrected chi connectivity index (χ4v) is 3.06. The topological polar surface area (TPSA) is 59.5 Å². The van der Waals surface area contributed by atoms with Gasteiger partial charge in [0.15, 0.2) is 0 Å². The van der Waals surface area contributed by atoms with Crippen molar-refractivity contribution in [1.29, 1.82) is 0 Å². The quantitative estimate of drug-likeness (QED) is 0.689. The lowest BCUT2D eigenvalue weighted by Crippen LogP contribution is -2.39. The van der Waals surface area contributed by atoms with Crippen LogP contribution >= 0.6 is 0 Å². The molecule has 0 bridgehead atoms. The van der Waals surface area contributed by atoms with Crippen LogP contribution in [0.4, 0.5) is 4.39 Å². The van der Waals surface area contributed by atoms with E-state index in [-0.39, 0.29) is 12.4 Å². The summed E-state index contributed by atoms with van der Waals surface area (Å²) in [7, 11) is 1.51. The summed E-state index contributed by atoms with van der Waals surface area (Å²) in [5.74, 6) is -0.661. The predicted octanol–water partition coefficient (Wildman–Crippen LogP) is 3.18. The summed E-state index contributed by atoms with van der Waals surface area (Å²) in [6.45, 7) is 0.0766. The van der Waals surface area contributed by atoms with Gasteiger partial charge in [0, 0.05) is 11.6 Å². The number of aromatic nitrogens is 1. The molecule has 2 amide bonds. The van der Waals surface area contributed by atoms with Gasteiger partial charge in [-0.1, -0.05) is 12.1 Å². The lowest BCUT2D eigenvalue weighted by molar-refractivity contribution is 0.0598. The van der Waals surface area contributed by atoms with Crippen LogP contribution in [-0.4, -0.2) is 28.8 Å². The minimum absolute atomic E-state index is 0.0766. The van der Waals surface area contributed by atoms with Gasteiger partial charge >= 0.3 is 0 Å². The molecule has 6 heteroatoms. The van der Waals surface area contributed by atoms with Gasteiger partial charge < -0.3 is 4.74 Å². The van der Waals surface area contributed by atoms with E-state index in [0.29, 0.717) is 33.3 Å². The summed E-state index contributed by atoms with van der Waals surface area (Å²) in [4.78, 5) is 31.1. The third-order valence-corrected chi connectivity index (χ3v) is 4.28. The van der Waals surface area contributed by atoms with Gasteiger partial charge in [0.2, 0.25) is 0 Å². The predicted molar refractivity (Wildman–Crippen MR) is 88.9 cm³/mol. The maximum absolute atomic E-state index is 13.1. The zero-order valence-corrected chi connectivity index (χ0v) is 13.3. The highest BCUT2D eigenvalue weighted by atomic mass is 19.1. The number of amides is 2. The van der Waals surface area contributed by atoms with Crippen molar-refractivity contribution < 1.29 is 18.7 Å². The van der Waals surface area contributed by atoms with Crippen LogP contribution in [0.25, 0.3) is 10.9 Å². The molecule has 1 aromatic heterocycles. The lowest BCUT2D eigenvalue weighted by Gasteiger charge is -2.27. The SMILES string of the molecule is COc1ccc2c3c(ccnc13)C(=O)N(Cc1ccc(F)cc1)C2=O. The molecule has 0 spiro atoms. The second-order valence-electron chi connectivity index (χ2n) is 5.72. The Labute approximate surface area is 142 Å². The fraction of sp³-hybridized carbons (Fsp3) is 0.105. The Morgan fingerprint density at radius 1 is 1.00 bits per heavy atom. The van der Waals surface area contributed by atoms with Gasteiger partial charge in [0.05, 0.1) is 24.8 Å². The third kappa shape index (κ3) is 2.34. The number of rotatable bonds is 3. The molecular formula is C19H13FN2O3. The molecule has 0 unspecified atom stereocenters. The van der Waals surface area contributed by atoms with E-state index in [0.717, 1.165) is 4.90 Å². The minimum atomic E-state index is -0.400. The van der Waals surface area contributed by atoms with Crippen molar-refractivity contribution >= 4 is 22.7 Å². The molecule has 0 fully saturated rings. The van der Waals surface area contributed by atoms with Gasteiger partial charge in [-0.2, -0.15) is 0 Å². The monoisotopic (exact) mass is 336 g/mol. The average molecular weight is 336 g/mol. The second-order valence-corrected chi connectivity index (χ2v) is 5.72. The molecule has 0 atom stereocenters. The van der Waals surface area contributed by atoms with Crippen LogP contribution in [0.3, 0.4) is 0 Å². The normalized spacial score (nSPS) is 13.4. The van der Waals surface area contributed by atoms with Gasteiger partial charge in [-0.15, -0.1) is 0 Å². The molecule has 0 aliphatic carbocycles. The van der Waals surface area contributed by atoms with E-state index in [1.165, 1.54) is 25.4 Å². The Morgan fingerprint density at radius 2 is 1.68 bits per heavy atom. The highest BCUT2D eigenvalue weighted by Gasteiger charge is 2.33. The first-order valence-electron chi connectivity index (χ1n) is 7.66. The van der Waals surface area contributed by atoms with Crippen molar-refractivity contribution in [2.75, 3.05) is 7.11 Å². The van der Waals surface area contributed by atoms with E-state index in [1.54, 1.807) is 30.3 Å². The van der Waals surface area contributed by atoms with Crippen molar-refractivity contribution in [3.8, 4) is 5.75 Å². The molecule has 0 radical (unpaired) electrons. The minimum Gasteiger partial charge on any atom is -0.494 e. The summed E-state index contributed by atoms with van der Waals surface area (Å²) in [5.41, 5.74) is 1.97. The molecule has 25 heavy (non-hydrogen) atoms. The number of halogens is 1. The van der Waals surface area contributed by atoms with Crippen LogP contribution in [0, 0.1) is 5.82 Å². The second kappa shape index (κ2) is 5.66. The molecule has 1 aliphatic heterocycles. The van der Waals surface area contributed by atoms with E-state index in [2.05, 4.69) is 4.98 Å². The molecule has 0 saturated heterocycles. The highest BCUT2D eigenvalue weighted by Crippen LogP contribution is 2.34. The van der Waals surface area contributed by atoms with Crippen LogP contribution in [0.5, 0.6) is 5.75 Å². The van der Waals surface area contributed by atoms with E-state index >= 15 is 0 Å². The van der Waals surface area contributed by atoms with Crippen molar-refractivity contribution in [1.82, 2.24) is 9.88 Å². The summed E-state index contributed by atoms with van der Waals surface area (Å²) < 4.78 is 18.3. The molecular weight excluding hydrogens is 323 g/mol. The maximum Gasteiger partial charge on any atom is 0.261 e. The number of ether oxygens (including phenoxy) is 1. The summed E-state index contributed by atoms with van der Waals surface area (Å²) in [5, 5.41) is 0.507.